The number of aromatic nitrogens is 3. The molecule has 0 aliphatic carbocycles. The van der Waals surface area contributed by atoms with Crippen LogP contribution in [0.15, 0.2) is 29.4 Å². The van der Waals surface area contributed by atoms with E-state index < -0.39 is 15.9 Å². The second-order valence-corrected chi connectivity index (χ2v) is 11.0. The van der Waals surface area contributed by atoms with Crippen LogP contribution in [-0.2, 0) is 16.6 Å². The van der Waals surface area contributed by atoms with Gasteiger partial charge in [0.2, 0.25) is 10.0 Å². The lowest BCUT2D eigenvalue weighted by Crippen LogP contribution is -2.29. The number of carbonyl (C=O) groups is 1. The van der Waals surface area contributed by atoms with Gasteiger partial charge in [0, 0.05) is 43.3 Å². The van der Waals surface area contributed by atoms with Crippen molar-refractivity contribution in [2.75, 3.05) is 13.1 Å². The molecule has 10 heteroatoms. The lowest BCUT2D eigenvalue weighted by Gasteiger charge is -2.16. The Morgan fingerprint density at radius 2 is 2.17 bits per heavy atom. The van der Waals surface area contributed by atoms with Crippen LogP contribution in [0.5, 0.6) is 0 Å². The smallest absolute Gasteiger partial charge is 0.259 e. The molecule has 3 aromatic heterocycles. The number of aryl methyl sites for hydroxylation is 1. The molecule has 1 aliphatic heterocycles. The van der Waals surface area contributed by atoms with Crippen molar-refractivity contribution in [2.45, 2.75) is 44.6 Å². The molecular weight excluding hydrogens is 422 g/mol. The van der Waals surface area contributed by atoms with E-state index in [0.717, 1.165) is 15.8 Å². The van der Waals surface area contributed by atoms with Crippen LogP contribution in [0.25, 0.3) is 10.2 Å². The number of nitrogens with two attached hydrogens (primary N) is 1. The van der Waals surface area contributed by atoms with E-state index in [2.05, 4.69) is 23.9 Å². The fourth-order valence-electron chi connectivity index (χ4n) is 4.08. The monoisotopic (exact) mass is 447 g/mol. The largest absolute Gasteiger partial charge is 0.365 e. The minimum absolute atomic E-state index is 0.105. The standard InChI is InChI=1S/C20H25N5O3S2/c1-12(2)9-24-11-16(13(3)23-24)30(27,28)25-8-6-14(10-25)17-15-5-4-7-22-20(15)29-18(17)19(21)26/h4-5,7,11-12,14H,6,8-10H2,1-3H3,(H2,21,26)/t14-/m0/s1. The quantitative estimate of drug-likeness (QED) is 0.624. The van der Waals surface area contributed by atoms with Gasteiger partial charge < -0.3 is 5.73 Å². The van der Waals surface area contributed by atoms with Crippen LogP contribution in [0.4, 0.5) is 0 Å². The van der Waals surface area contributed by atoms with E-state index in [1.54, 1.807) is 24.0 Å². The number of fused-ring (bicyclic) bond motifs is 1. The van der Waals surface area contributed by atoms with Gasteiger partial charge in [-0.1, -0.05) is 19.9 Å². The summed E-state index contributed by atoms with van der Waals surface area (Å²) < 4.78 is 29.8. The van der Waals surface area contributed by atoms with Crippen LogP contribution in [0, 0.1) is 12.8 Å². The Labute approximate surface area is 179 Å². The molecule has 3 aromatic rings. The average molecular weight is 448 g/mol. The molecule has 4 rings (SSSR count). The zero-order valence-corrected chi connectivity index (χ0v) is 18.8. The molecular formula is C20H25N5O3S2. The summed E-state index contributed by atoms with van der Waals surface area (Å²) in [4.78, 5) is 17.8. The van der Waals surface area contributed by atoms with Crippen LogP contribution in [-0.4, -0.2) is 46.5 Å². The number of primary amides is 1. The number of amides is 1. The van der Waals surface area contributed by atoms with E-state index in [1.165, 1.54) is 15.6 Å². The zero-order valence-electron chi connectivity index (χ0n) is 17.2. The normalized spacial score (nSPS) is 17.9. The fraction of sp³-hybridized carbons (Fsp3) is 0.450. The van der Waals surface area contributed by atoms with Crippen molar-refractivity contribution >= 4 is 37.5 Å². The highest BCUT2D eigenvalue weighted by molar-refractivity contribution is 7.89. The molecule has 1 amide bonds. The van der Waals surface area contributed by atoms with E-state index in [4.69, 9.17) is 5.73 Å². The van der Waals surface area contributed by atoms with E-state index >= 15 is 0 Å². The number of rotatable bonds is 6. The maximum Gasteiger partial charge on any atom is 0.259 e. The maximum atomic E-state index is 13.3. The Kier molecular flexibility index (Phi) is 5.41. The molecule has 160 valence electrons. The first kappa shape index (κ1) is 21.0. The number of carbonyl (C=O) groups excluding carboxylic acids is 1. The summed E-state index contributed by atoms with van der Waals surface area (Å²) in [6.45, 7) is 7.20. The molecule has 1 aliphatic rings. The molecule has 0 saturated carbocycles. The van der Waals surface area contributed by atoms with Gasteiger partial charge in [-0.15, -0.1) is 11.3 Å². The van der Waals surface area contributed by atoms with Gasteiger partial charge >= 0.3 is 0 Å². The van der Waals surface area contributed by atoms with E-state index in [-0.39, 0.29) is 10.8 Å². The summed E-state index contributed by atoms with van der Waals surface area (Å²) in [5, 5.41) is 5.26. The number of hydrogen-bond acceptors (Lipinski definition) is 6. The van der Waals surface area contributed by atoms with E-state index in [0.29, 0.717) is 42.5 Å². The number of hydrogen-bond donors (Lipinski definition) is 1. The number of sulfonamides is 1. The van der Waals surface area contributed by atoms with Gasteiger partial charge in [-0.3, -0.25) is 9.48 Å². The van der Waals surface area contributed by atoms with Gasteiger partial charge in [-0.25, -0.2) is 13.4 Å². The Bertz CT molecular complexity index is 1210. The third-order valence-electron chi connectivity index (χ3n) is 5.36. The van der Waals surface area contributed by atoms with Gasteiger partial charge in [0.1, 0.15) is 9.73 Å². The molecule has 0 radical (unpaired) electrons. The van der Waals surface area contributed by atoms with Crippen molar-refractivity contribution in [2.24, 2.45) is 11.7 Å². The summed E-state index contributed by atoms with van der Waals surface area (Å²) in [5.74, 6) is -0.241. The maximum absolute atomic E-state index is 13.3. The number of pyridine rings is 1. The third-order valence-corrected chi connectivity index (χ3v) is 8.47. The molecule has 0 bridgehead atoms. The first-order valence-corrected chi connectivity index (χ1v) is 12.2. The molecule has 0 aromatic carbocycles. The summed E-state index contributed by atoms with van der Waals surface area (Å²) >= 11 is 1.27. The SMILES string of the molecule is Cc1nn(CC(C)C)cc1S(=O)(=O)N1CC[C@H](c2c(C(N)=O)sc3ncccc23)C1. The predicted octanol–water partition coefficient (Wildman–Crippen LogP) is 2.73. The summed E-state index contributed by atoms with van der Waals surface area (Å²) in [6.07, 6.45) is 3.92. The first-order chi connectivity index (χ1) is 14.2. The highest BCUT2D eigenvalue weighted by atomic mass is 32.2. The van der Waals surface area contributed by atoms with E-state index in [1.807, 2.05) is 12.1 Å². The van der Waals surface area contributed by atoms with Crippen molar-refractivity contribution in [3.63, 3.8) is 0 Å². The molecule has 30 heavy (non-hydrogen) atoms. The van der Waals surface area contributed by atoms with Crippen LogP contribution < -0.4 is 5.73 Å². The lowest BCUT2D eigenvalue weighted by molar-refractivity contribution is 0.100. The van der Waals surface area contributed by atoms with Crippen molar-refractivity contribution in [3.05, 3.63) is 40.7 Å². The van der Waals surface area contributed by atoms with Gasteiger partial charge in [-0.2, -0.15) is 9.40 Å². The summed E-state index contributed by atoms with van der Waals surface area (Å²) in [6, 6.07) is 3.73. The molecule has 4 heterocycles. The second kappa shape index (κ2) is 7.75. The lowest BCUT2D eigenvalue weighted by atomic mass is 9.96. The van der Waals surface area contributed by atoms with Gasteiger partial charge in [0.25, 0.3) is 5.91 Å². The average Bonchev–Trinajstić information content (AvgIpc) is 3.37. The predicted molar refractivity (Wildman–Crippen MR) is 116 cm³/mol. The highest BCUT2D eigenvalue weighted by Crippen LogP contribution is 2.40. The van der Waals surface area contributed by atoms with Crippen molar-refractivity contribution in [1.82, 2.24) is 19.1 Å². The summed E-state index contributed by atoms with van der Waals surface area (Å²) in [5.41, 5.74) is 6.94. The van der Waals surface area contributed by atoms with Crippen LogP contribution >= 0.6 is 11.3 Å². The van der Waals surface area contributed by atoms with Crippen molar-refractivity contribution in [1.29, 1.82) is 0 Å². The number of nitrogens with zero attached hydrogens (tertiary/aromatic N) is 4. The third kappa shape index (κ3) is 3.63. The van der Waals surface area contributed by atoms with Gasteiger partial charge in [-0.05, 0) is 30.9 Å². The molecule has 2 N–H and O–H groups in total. The molecule has 0 unspecified atom stereocenters. The molecule has 1 atom stereocenters. The van der Waals surface area contributed by atoms with Gasteiger partial charge in [0.15, 0.2) is 0 Å². The highest BCUT2D eigenvalue weighted by Gasteiger charge is 2.37. The Morgan fingerprint density at radius 1 is 1.40 bits per heavy atom. The first-order valence-electron chi connectivity index (χ1n) is 9.90. The Morgan fingerprint density at radius 3 is 2.87 bits per heavy atom. The minimum atomic E-state index is -3.67. The number of thiophene rings is 1. The topological polar surface area (TPSA) is 111 Å². The fourth-order valence-corrected chi connectivity index (χ4v) is 6.83. The van der Waals surface area contributed by atoms with Crippen LogP contribution in [0.2, 0.25) is 0 Å². The van der Waals surface area contributed by atoms with Crippen LogP contribution in [0.3, 0.4) is 0 Å². The van der Waals surface area contributed by atoms with Crippen molar-refractivity contribution < 1.29 is 13.2 Å². The Balaban J connectivity index is 1.65. The second-order valence-electron chi connectivity index (χ2n) is 8.11. The molecule has 1 fully saturated rings. The summed E-state index contributed by atoms with van der Waals surface area (Å²) in [7, 11) is -3.67. The van der Waals surface area contributed by atoms with Gasteiger partial charge in [0.05, 0.1) is 10.6 Å². The zero-order chi connectivity index (χ0) is 21.6. The van der Waals surface area contributed by atoms with Crippen molar-refractivity contribution in [3.8, 4) is 0 Å². The van der Waals surface area contributed by atoms with E-state index in [9.17, 15) is 13.2 Å². The molecule has 0 spiro atoms. The molecule has 8 nitrogen and oxygen atoms in total. The molecule has 1 saturated heterocycles. The minimum Gasteiger partial charge on any atom is -0.365 e. The Hall–Kier alpha value is -2.30. The van der Waals surface area contributed by atoms with Crippen LogP contribution in [0.1, 0.15) is 47.1 Å².